The van der Waals surface area contributed by atoms with Crippen LogP contribution in [0, 0.1) is 5.41 Å². The van der Waals surface area contributed by atoms with E-state index < -0.39 is 0 Å². The maximum Gasteiger partial charge on any atom is 0.0965 e. The number of aromatic nitrogens is 1. The van der Waals surface area contributed by atoms with E-state index in [-0.39, 0.29) is 0 Å². The van der Waals surface area contributed by atoms with E-state index in [2.05, 4.69) is 34.8 Å². The molecule has 1 aromatic heterocycles. The Morgan fingerprint density at radius 1 is 1.50 bits per heavy atom. The Labute approximate surface area is 114 Å². The summed E-state index contributed by atoms with van der Waals surface area (Å²) in [4.78, 5) is 4.39. The normalized spacial score (nSPS) is 20.8. The number of piperidine rings is 1. The van der Waals surface area contributed by atoms with Gasteiger partial charge in [0.1, 0.15) is 0 Å². The first kappa shape index (κ1) is 14.0. The lowest BCUT2D eigenvalue weighted by Gasteiger charge is -2.37. The molecular formula is C14H25N3S. The average Bonchev–Trinajstić information content (AvgIpc) is 2.94. The fraction of sp³-hybridized carbons (Fsp3) is 0.786. The summed E-state index contributed by atoms with van der Waals surface area (Å²) in [6, 6.07) is 0. The van der Waals surface area contributed by atoms with Crippen molar-refractivity contribution >= 4 is 11.3 Å². The van der Waals surface area contributed by atoms with Gasteiger partial charge in [0.05, 0.1) is 5.01 Å². The van der Waals surface area contributed by atoms with Crippen molar-refractivity contribution in [2.45, 2.75) is 39.0 Å². The molecule has 2 rings (SSSR count). The summed E-state index contributed by atoms with van der Waals surface area (Å²) in [6.45, 7) is 9.14. The fourth-order valence-corrected chi connectivity index (χ4v) is 3.43. The molecule has 1 saturated heterocycles. The molecule has 0 bridgehead atoms. The third kappa shape index (κ3) is 3.53. The molecule has 1 aliphatic rings. The van der Waals surface area contributed by atoms with E-state index >= 15 is 0 Å². The number of nitrogens with one attached hydrogen (secondary N) is 2. The molecule has 0 aromatic carbocycles. The van der Waals surface area contributed by atoms with Gasteiger partial charge in [-0.25, -0.2) is 4.98 Å². The van der Waals surface area contributed by atoms with Crippen LogP contribution in [0.25, 0.3) is 0 Å². The predicted octanol–water partition coefficient (Wildman–Crippen LogP) is 2.62. The molecule has 1 atom stereocenters. The number of hydrogen-bond donors (Lipinski definition) is 2. The lowest BCUT2D eigenvalue weighted by atomic mass is 9.76. The van der Waals surface area contributed by atoms with E-state index in [9.17, 15) is 0 Å². The van der Waals surface area contributed by atoms with Gasteiger partial charge < -0.3 is 10.6 Å². The molecule has 2 N–H and O–H groups in total. The summed E-state index contributed by atoms with van der Waals surface area (Å²) < 4.78 is 0. The summed E-state index contributed by atoms with van der Waals surface area (Å²) in [5.41, 5.74) is 0.522. The zero-order valence-electron chi connectivity index (χ0n) is 11.5. The van der Waals surface area contributed by atoms with Gasteiger partial charge in [-0.2, -0.15) is 0 Å². The molecule has 1 aromatic rings. The summed E-state index contributed by atoms with van der Waals surface area (Å²) in [6.07, 6.45) is 5.80. The molecule has 102 valence electrons. The smallest absolute Gasteiger partial charge is 0.0965 e. The van der Waals surface area contributed by atoms with E-state index in [1.807, 2.05) is 6.20 Å². The average molecular weight is 267 g/mol. The van der Waals surface area contributed by atoms with E-state index in [0.29, 0.717) is 11.3 Å². The van der Waals surface area contributed by atoms with E-state index in [0.717, 1.165) is 13.1 Å². The number of thiazole rings is 1. The maximum atomic E-state index is 4.39. The van der Waals surface area contributed by atoms with Crippen LogP contribution in [0.15, 0.2) is 11.6 Å². The van der Waals surface area contributed by atoms with Crippen molar-refractivity contribution in [1.29, 1.82) is 0 Å². The Balaban J connectivity index is 1.76. The van der Waals surface area contributed by atoms with Gasteiger partial charge >= 0.3 is 0 Å². The van der Waals surface area contributed by atoms with Crippen molar-refractivity contribution in [3.63, 3.8) is 0 Å². The molecule has 1 fully saturated rings. The SMILES string of the molecule is CCC1(CNCC(C)c2nccs2)CCNCC1. The topological polar surface area (TPSA) is 37.0 Å². The van der Waals surface area contributed by atoms with Crippen LogP contribution in [-0.4, -0.2) is 31.2 Å². The van der Waals surface area contributed by atoms with Crippen LogP contribution < -0.4 is 10.6 Å². The molecule has 0 radical (unpaired) electrons. The quantitative estimate of drug-likeness (QED) is 0.832. The minimum Gasteiger partial charge on any atom is -0.317 e. The maximum absolute atomic E-state index is 4.39. The van der Waals surface area contributed by atoms with Crippen molar-refractivity contribution in [1.82, 2.24) is 15.6 Å². The molecule has 4 heteroatoms. The number of hydrogen-bond acceptors (Lipinski definition) is 4. The van der Waals surface area contributed by atoms with Crippen LogP contribution in [0.5, 0.6) is 0 Å². The van der Waals surface area contributed by atoms with Crippen LogP contribution in [0.3, 0.4) is 0 Å². The highest BCUT2D eigenvalue weighted by molar-refractivity contribution is 7.09. The summed E-state index contributed by atoms with van der Waals surface area (Å²) in [5.74, 6) is 0.528. The lowest BCUT2D eigenvalue weighted by molar-refractivity contribution is 0.185. The minimum absolute atomic E-state index is 0.522. The fourth-order valence-electron chi connectivity index (χ4n) is 2.73. The Hall–Kier alpha value is -0.450. The van der Waals surface area contributed by atoms with E-state index in [4.69, 9.17) is 0 Å². The monoisotopic (exact) mass is 267 g/mol. The van der Waals surface area contributed by atoms with Gasteiger partial charge in [-0.05, 0) is 37.8 Å². The second-order valence-corrected chi connectivity index (χ2v) is 6.43. The molecule has 18 heavy (non-hydrogen) atoms. The van der Waals surface area contributed by atoms with Crippen LogP contribution in [-0.2, 0) is 0 Å². The lowest BCUT2D eigenvalue weighted by Crippen LogP contribution is -2.43. The second-order valence-electron chi connectivity index (χ2n) is 5.51. The van der Waals surface area contributed by atoms with Gasteiger partial charge in [-0.3, -0.25) is 0 Å². The molecule has 0 aliphatic carbocycles. The predicted molar refractivity (Wildman–Crippen MR) is 78.2 cm³/mol. The summed E-state index contributed by atoms with van der Waals surface area (Å²) >= 11 is 1.76. The van der Waals surface area contributed by atoms with Gasteiger partial charge in [-0.15, -0.1) is 11.3 Å². The molecule has 1 unspecified atom stereocenters. The Morgan fingerprint density at radius 2 is 2.28 bits per heavy atom. The van der Waals surface area contributed by atoms with Gasteiger partial charge in [0, 0.05) is 30.6 Å². The van der Waals surface area contributed by atoms with Crippen molar-refractivity contribution in [2.24, 2.45) is 5.41 Å². The van der Waals surface area contributed by atoms with E-state index in [1.165, 1.54) is 37.4 Å². The second kappa shape index (κ2) is 6.64. The molecule has 2 heterocycles. The highest BCUT2D eigenvalue weighted by Gasteiger charge is 2.29. The van der Waals surface area contributed by atoms with Gasteiger partial charge in [-0.1, -0.05) is 13.8 Å². The first-order valence-corrected chi connectivity index (χ1v) is 7.94. The standard InChI is InChI=1S/C14H25N3S/c1-3-14(4-6-15-7-5-14)11-16-10-12(2)13-17-8-9-18-13/h8-9,12,15-16H,3-7,10-11H2,1-2H3. The molecule has 1 aliphatic heterocycles. The van der Waals surface area contributed by atoms with Crippen molar-refractivity contribution < 1.29 is 0 Å². The van der Waals surface area contributed by atoms with E-state index in [1.54, 1.807) is 11.3 Å². The Bertz CT molecular complexity index is 331. The highest BCUT2D eigenvalue weighted by atomic mass is 32.1. The molecule has 0 spiro atoms. The molecule has 0 saturated carbocycles. The molecular weight excluding hydrogens is 242 g/mol. The van der Waals surface area contributed by atoms with Crippen LogP contribution in [0.2, 0.25) is 0 Å². The Kier molecular flexibility index (Phi) is 5.15. The van der Waals surface area contributed by atoms with Gasteiger partial charge in [0.15, 0.2) is 0 Å². The number of nitrogens with zero attached hydrogens (tertiary/aromatic N) is 1. The van der Waals surface area contributed by atoms with Crippen LogP contribution in [0.4, 0.5) is 0 Å². The minimum atomic E-state index is 0.522. The zero-order valence-corrected chi connectivity index (χ0v) is 12.4. The van der Waals surface area contributed by atoms with Crippen LogP contribution >= 0.6 is 11.3 Å². The summed E-state index contributed by atoms with van der Waals surface area (Å²) in [5, 5.41) is 10.4. The summed E-state index contributed by atoms with van der Waals surface area (Å²) in [7, 11) is 0. The Morgan fingerprint density at radius 3 is 2.89 bits per heavy atom. The van der Waals surface area contributed by atoms with Crippen molar-refractivity contribution in [3.8, 4) is 0 Å². The first-order chi connectivity index (χ1) is 8.76. The molecule has 3 nitrogen and oxygen atoms in total. The zero-order chi connectivity index (χ0) is 12.8. The molecule has 0 amide bonds. The van der Waals surface area contributed by atoms with Crippen molar-refractivity contribution in [3.05, 3.63) is 16.6 Å². The highest BCUT2D eigenvalue weighted by Crippen LogP contribution is 2.31. The first-order valence-electron chi connectivity index (χ1n) is 7.06. The van der Waals surface area contributed by atoms with Crippen molar-refractivity contribution in [2.75, 3.05) is 26.2 Å². The number of rotatable bonds is 6. The third-order valence-electron chi connectivity index (χ3n) is 4.24. The van der Waals surface area contributed by atoms with Gasteiger partial charge in [0.25, 0.3) is 0 Å². The van der Waals surface area contributed by atoms with Crippen LogP contribution in [0.1, 0.15) is 44.0 Å². The largest absolute Gasteiger partial charge is 0.317 e. The third-order valence-corrected chi connectivity index (χ3v) is 5.24. The van der Waals surface area contributed by atoms with Gasteiger partial charge in [0.2, 0.25) is 0 Å².